The van der Waals surface area contributed by atoms with E-state index >= 15 is 0 Å². The SMILES string of the molecule is CC(C)Cc1ccnc(C(C)(C)O)c1. The molecule has 0 radical (unpaired) electrons. The third-order valence-corrected chi connectivity index (χ3v) is 2.10. The molecule has 0 fully saturated rings. The van der Waals surface area contributed by atoms with Crippen molar-refractivity contribution in [1.82, 2.24) is 4.98 Å². The Morgan fingerprint density at radius 2 is 2.07 bits per heavy atom. The van der Waals surface area contributed by atoms with Crippen LogP contribution in [0, 0.1) is 5.92 Å². The van der Waals surface area contributed by atoms with E-state index in [4.69, 9.17) is 0 Å². The second-order valence-corrected chi connectivity index (χ2v) is 4.71. The Balaban J connectivity index is 2.90. The molecule has 78 valence electrons. The highest BCUT2D eigenvalue weighted by Crippen LogP contribution is 2.19. The molecule has 0 saturated carbocycles. The van der Waals surface area contributed by atoms with Crippen molar-refractivity contribution in [3.63, 3.8) is 0 Å². The fourth-order valence-corrected chi connectivity index (χ4v) is 1.41. The molecule has 2 heteroatoms. The number of hydrogen-bond acceptors (Lipinski definition) is 2. The maximum Gasteiger partial charge on any atom is 0.101 e. The van der Waals surface area contributed by atoms with Gasteiger partial charge in [0, 0.05) is 6.20 Å². The van der Waals surface area contributed by atoms with Gasteiger partial charge >= 0.3 is 0 Å². The van der Waals surface area contributed by atoms with Crippen LogP contribution in [-0.2, 0) is 12.0 Å². The Hall–Kier alpha value is -0.890. The summed E-state index contributed by atoms with van der Waals surface area (Å²) < 4.78 is 0. The van der Waals surface area contributed by atoms with E-state index in [1.165, 1.54) is 5.56 Å². The second-order valence-electron chi connectivity index (χ2n) is 4.71. The molecule has 0 spiro atoms. The lowest BCUT2D eigenvalue weighted by Gasteiger charge is -2.17. The number of pyridine rings is 1. The molecule has 0 amide bonds. The summed E-state index contributed by atoms with van der Waals surface area (Å²) >= 11 is 0. The van der Waals surface area contributed by atoms with Gasteiger partial charge in [0.2, 0.25) is 0 Å². The Bertz CT molecular complexity index is 299. The van der Waals surface area contributed by atoms with Crippen LogP contribution in [0.1, 0.15) is 39.0 Å². The van der Waals surface area contributed by atoms with Crippen LogP contribution in [-0.4, -0.2) is 10.1 Å². The first-order valence-corrected chi connectivity index (χ1v) is 5.07. The minimum Gasteiger partial charge on any atom is -0.384 e. The average molecular weight is 193 g/mol. The van der Waals surface area contributed by atoms with Crippen molar-refractivity contribution in [1.29, 1.82) is 0 Å². The van der Waals surface area contributed by atoms with Gasteiger partial charge in [-0.2, -0.15) is 0 Å². The van der Waals surface area contributed by atoms with Gasteiger partial charge < -0.3 is 5.11 Å². The normalized spacial score (nSPS) is 12.1. The first-order chi connectivity index (χ1) is 6.39. The maximum absolute atomic E-state index is 9.79. The Morgan fingerprint density at radius 1 is 1.43 bits per heavy atom. The van der Waals surface area contributed by atoms with E-state index in [1.807, 2.05) is 12.1 Å². The standard InChI is InChI=1S/C12H19NO/c1-9(2)7-10-5-6-13-11(8-10)12(3,4)14/h5-6,8-9,14H,7H2,1-4H3. The average Bonchev–Trinajstić information content (AvgIpc) is 2.01. The highest BCUT2D eigenvalue weighted by Gasteiger charge is 2.17. The van der Waals surface area contributed by atoms with Gasteiger partial charge in [0.05, 0.1) is 5.69 Å². The monoisotopic (exact) mass is 193 g/mol. The number of nitrogens with zero attached hydrogens (tertiary/aromatic N) is 1. The topological polar surface area (TPSA) is 33.1 Å². The molecule has 0 aliphatic carbocycles. The van der Waals surface area contributed by atoms with Gasteiger partial charge in [0.25, 0.3) is 0 Å². The summed E-state index contributed by atoms with van der Waals surface area (Å²) in [6.45, 7) is 7.89. The van der Waals surface area contributed by atoms with Crippen molar-refractivity contribution in [2.24, 2.45) is 5.92 Å². The highest BCUT2D eigenvalue weighted by molar-refractivity contribution is 5.20. The van der Waals surface area contributed by atoms with E-state index in [0.29, 0.717) is 5.92 Å². The number of aliphatic hydroxyl groups is 1. The van der Waals surface area contributed by atoms with Gasteiger partial charge in [0.15, 0.2) is 0 Å². The van der Waals surface area contributed by atoms with E-state index in [-0.39, 0.29) is 0 Å². The zero-order valence-corrected chi connectivity index (χ0v) is 9.41. The fraction of sp³-hybridized carbons (Fsp3) is 0.583. The molecule has 1 heterocycles. The highest BCUT2D eigenvalue weighted by atomic mass is 16.3. The smallest absolute Gasteiger partial charge is 0.101 e. The van der Waals surface area contributed by atoms with E-state index < -0.39 is 5.60 Å². The van der Waals surface area contributed by atoms with Crippen LogP contribution in [0.4, 0.5) is 0 Å². The van der Waals surface area contributed by atoms with Crippen LogP contribution in [0.15, 0.2) is 18.3 Å². The van der Waals surface area contributed by atoms with Crippen molar-refractivity contribution < 1.29 is 5.11 Å². The molecule has 0 unspecified atom stereocenters. The van der Waals surface area contributed by atoms with Gasteiger partial charge in [-0.25, -0.2) is 0 Å². The van der Waals surface area contributed by atoms with Gasteiger partial charge in [0.1, 0.15) is 5.60 Å². The Morgan fingerprint density at radius 3 is 2.57 bits per heavy atom. The molecule has 0 aliphatic heterocycles. The molecule has 0 atom stereocenters. The lowest BCUT2D eigenvalue weighted by Crippen LogP contribution is -2.17. The predicted octanol–water partition coefficient (Wildman–Crippen LogP) is 2.51. The summed E-state index contributed by atoms with van der Waals surface area (Å²) in [7, 11) is 0. The summed E-state index contributed by atoms with van der Waals surface area (Å²) in [5.41, 5.74) is 1.15. The van der Waals surface area contributed by atoms with Crippen LogP contribution in [0.5, 0.6) is 0 Å². The number of hydrogen-bond donors (Lipinski definition) is 1. The molecule has 0 bridgehead atoms. The first-order valence-electron chi connectivity index (χ1n) is 5.07. The summed E-state index contributed by atoms with van der Waals surface area (Å²) in [5, 5.41) is 9.79. The summed E-state index contributed by atoms with van der Waals surface area (Å²) in [6.07, 6.45) is 2.80. The molecule has 14 heavy (non-hydrogen) atoms. The van der Waals surface area contributed by atoms with E-state index in [0.717, 1.165) is 12.1 Å². The molecule has 0 aromatic carbocycles. The molecule has 0 saturated heterocycles. The first kappa shape index (κ1) is 11.2. The lowest BCUT2D eigenvalue weighted by molar-refractivity contribution is 0.0737. The Kier molecular flexibility index (Phi) is 3.27. The maximum atomic E-state index is 9.79. The molecular weight excluding hydrogens is 174 g/mol. The summed E-state index contributed by atoms with van der Waals surface area (Å²) in [5.74, 6) is 0.632. The van der Waals surface area contributed by atoms with Crippen molar-refractivity contribution in [2.45, 2.75) is 39.7 Å². The Labute approximate surface area is 86.0 Å². The van der Waals surface area contributed by atoms with Crippen molar-refractivity contribution in [3.05, 3.63) is 29.6 Å². The van der Waals surface area contributed by atoms with Crippen LogP contribution >= 0.6 is 0 Å². The third kappa shape index (κ3) is 3.11. The zero-order chi connectivity index (χ0) is 10.8. The molecule has 1 aromatic heterocycles. The van der Waals surface area contributed by atoms with Crippen LogP contribution in [0.3, 0.4) is 0 Å². The van der Waals surface area contributed by atoms with Gasteiger partial charge in [-0.1, -0.05) is 13.8 Å². The zero-order valence-electron chi connectivity index (χ0n) is 9.41. The van der Waals surface area contributed by atoms with Crippen molar-refractivity contribution in [3.8, 4) is 0 Å². The minimum atomic E-state index is -0.840. The second kappa shape index (κ2) is 4.09. The molecule has 1 rings (SSSR count). The summed E-state index contributed by atoms with van der Waals surface area (Å²) in [6, 6.07) is 4.00. The van der Waals surface area contributed by atoms with Gasteiger partial charge in [-0.15, -0.1) is 0 Å². The fourth-order valence-electron chi connectivity index (χ4n) is 1.41. The van der Waals surface area contributed by atoms with Crippen LogP contribution in [0.25, 0.3) is 0 Å². The van der Waals surface area contributed by atoms with Crippen molar-refractivity contribution >= 4 is 0 Å². The predicted molar refractivity (Wildman–Crippen MR) is 58.0 cm³/mol. The lowest BCUT2D eigenvalue weighted by atomic mass is 9.99. The number of aromatic nitrogens is 1. The van der Waals surface area contributed by atoms with Crippen LogP contribution < -0.4 is 0 Å². The summed E-state index contributed by atoms with van der Waals surface area (Å²) in [4.78, 5) is 4.17. The third-order valence-electron chi connectivity index (χ3n) is 2.10. The minimum absolute atomic E-state index is 0.632. The largest absolute Gasteiger partial charge is 0.384 e. The van der Waals surface area contributed by atoms with Gasteiger partial charge in [-0.05, 0) is 43.9 Å². The van der Waals surface area contributed by atoms with Crippen LogP contribution in [0.2, 0.25) is 0 Å². The number of rotatable bonds is 3. The molecule has 0 aliphatic rings. The van der Waals surface area contributed by atoms with E-state index in [2.05, 4.69) is 18.8 Å². The molecular formula is C12H19NO. The van der Waals surface area contributed by atoms with Crippen molar-refractivity contribution in [2.75, 3.05) is 0 Å². The van der Waals surface area contributed by atoms with E-state index in [1.54, 1.807) is 20.0 Å². The molecule has 2 nitrogen and oxygen atoms in total. The van der Waals surface area contributed by atoms with Gasteiger partial charge in [-0.3, -0.25) is 4.98 Å². The molecule has 1 aromatic rings. The molecule has 1 N–H and O–H groups in total. The van der Waals surface area contributed by atoms with E-state index in [9.17, 15) is 5.11 Å². The quantitative estimate of drug-likeness (QED) is 0.800.